The Morgan fingerprint density at radius 1 is 1.12 bits per heavy atom. The van der Waals surface area contributed by atoms with Crippen molar-refractivity contribution in [2.75, 3.05) is 27.3 Å². The van der Waals surface area contributed by atoms with Crippen LogP contribution in [0.5, 0.6) is 11.5 Å². The van der Waals surface area contributed by atoms with E-state index < -0.39 is 11.1 Å². The predicted octanol–water partition coefficient (Wildman–Crippen LogP) is 4.09. The summed E-state index contributed by atoms with van der Waals surface area (Å²) >= 11 is 4.28. The van der Waals surface area contributed by atoms with E-state index in [1.165, 1.54) is 19.8 Å². The minimum atomic E-state index is -0.479. The number of thioether (sulfide) groups is 1. The van der Waals surface area contributed by atoms with Gasteiger partial charge in [0.15, 0.2) is 11.5 Å². The zero-order valence-corrected chi connectivity index (χ0v) is 20.0. The van der Waals surface area contributed by atoms with E-state index in [-0.39, 0.29) is 17.4 Å². The first-order chi connectivity index (χ1) is 15.4. The van der Waals surface area contributed by atoms with Crippen molar-refractivity contribution in [3.05, 3.63) is 62.5 Å². The summed E-state index contributed by atoms with van der Waals surface area (Å²) in [7, 11) is 3.06. The molecule has 0 aromatic heterocycles. The van der Waals surface area contributed by atoms with E-state index in [9.17, 15) is 14.4 Å². The smallest absolute Gasteiger partial charge is 0.294 e. The third-order valence-electron chi connectivity index (χ3n) is 5.44. The van der Waals surface area contributed by atoms with Crippen LogP contribution in [-0.2, 0) is 22.6 Å². The number of hydrogen-bond donors (Lipinski definition) is 0. The summed E-state index contributed by atoms with van der Waals surface area (Å²) < 4.78 is 11.3. The largest absolute Gasteiger partial charge is 0.493 e. The average Bonchev–Trinajstić information content (AvgIpc) is 3.06. The summed E-state index contributed by atoms with van der Waals surface area (Å²) in [6.07, 6.45) is 2.37. The molecule has 0 radical (unpaired) electrons. The van der Waals surface area contributed by atoms with Crippen molar-refractivity contribution in [3.8, 4) is 11.5 Å². The molecule has 1 fully saturated rings. The maximum absolute atomic E-state index is 12.9. The van der Waals surface area contributed by atoms with E-state index in [4.69, 9.17) is 9.47 Å². The molecule has 2 aromatic rings. The number of hydrogen-bond acceptors (Lipinski definition) is 6. The third-order valence-corrected chi connectivity index (χ3v) is 7.03. The topological polar surface area (TPSA) is 76.2 Å². The molecule has 0 atom stereocenters. The van der Waals surface area contributed by atoms with E-state index in [0.29, 0.717) is 34.6 Å². The molecule has 4 rings (SSSR count). The zero-order chi connectivity index (χ0) is 22.8. The van der Waals surface area contributed by atoms with Gasteiger partial charge in [-0.3, -0.25) is 19.3 Å². The summed E-state index contributed by atoms with van der Waals surface area (Å²) in [6, 6.07) is 11.4. The van der Waals surface area contributed by atoms with Gasteiger partial charge in [0.05, 0.1) is 19.1 Å². The molecule has 0 saturated carbocycles. The number of methoxy groups -OCH3 is 2. The van der Waals surface area contributed by atoms with Crippen molar-refractivity contribution in [3.63, 3.8) is 0 Å². The van der Waals surface area contributed by atoms with Gasteiger partial charge >= 0.3 is 0 Å². The van der Waals surface area contributed by atoms with Gasteiger partial charge in [-0.15, -0.1) is 0 Å². The van der Waals surface area contributed by atoms with E-state index in [2.05, 4.69) is 22.0 Å². The number of rotatable bonds is 5. The molecule has 0 aliphatic carbocycles. The summed E-state index contributed by atoms with van der Waals surface area (Å²) in [5.74, 6) is 0.322. The monoisotopic (exact) mass is 516 g/mol. The highest BCUT2D eigenvalue weighted by Crippen LogP contribution is 2.38. The van der Waals surface area contributed by atoms with Crippen molar-refractivity contribution in [2.45, 2.75) is 13.0 Å². The number of fused-ring (bicyclic) bond motifs is 1. The van der Waals surface area contributed by atoms with E-state index in [1.54, 1.807) is 23.1 Å². The molecule has 166 valence electrons. The Bertz CT molecular complexity index is 1130. The molecule has 2 aliphatic heterocycles. The lowest BCUT2D eigenvalue weighted by Gasteiger charge is -2.29. The maximum Gasteiger partial charge on any atom is 0.294 e. The summed E-state index contributed by atoms with van der Waals surface area (Å²) in [6.45, 7) is 0.789. The van der Waals surface area contributed by atoms with Crippen LogP contribution in [0.1, 0.15) is 16.7 Å². The van der Waals surface area contributed by atoms with Gasteiger partial charge in [0.1, 0.15) is 6.54 Å². The van der Waals surface area contributed by atoms with E-state index >= 15 is 0 Å². The van der Waals surface area contributed by atoms with Crippen LogP contribution in [0.2, 0.25) is 0 Å². The van der Waals surface area contributed by atoms with E-state index in [1.807, 2.05) is 18.2 Å². The van der Waals surface area contributed by atoms with Crippen LogP contribution >= 0.6 is 27.7 Å². The molecule has 0 spiro atoms. The number of carbonyl (C=O) groups excluding carboxylic acids is 3. The Balaban J connectivity index is 1.49. The molecule has 0 bridgehead atoms. The number of halogens is 1. The van der Waals surface area contributed by atoms with Gasteiger partial charge in [-0.2, -0.15) is 0 Å². The molecule has 2 aromatic carbocycles. The molecule has 0 N–H and O–H groups in total. The number of amides is 3. The van der Waals surface area contributed by atoms with Crippen molar-refractivity contribution in [2.24, 2.45) is 0 Å². The summed E-state index contributed by atoms with van der Waals surface area (Å²) in [5.41, 5.74) is 2.98. The second kappa shape index (κ2) is 9.38. The first-order valence-electron chi connectivity index (χ1n) is 9.92. The Morgan fingerprint density at radius 2 is 1.81 bits per heavy atom. The van der Waals surface area contributed by atoms with Crippen LogP contribution in [0, 0.1) is 0 Å². The number of benzene rings is 2. The normalized spacial score (nSPS) is 17.0. The van der Waals surface area contributed by atoms with Crippen molar-refractivity contribution >= 4 is 50.8 Å². The fourth-order valence-electron chi connectivity index (χ4n) is 3.70. The van der Waals surface area contributed by atoms with Gasteiger partial charge in [0.25, 0.3) is 11.1 Å². The second-order valence-electron chi connectivity index (χ2n) is 7.33. The fourth-order valence-corrected chi connectivity index (χ4v) is 4.97. The average molecular weight is 517 g/mol. The number of nitrogens with zero attached hydrogens (tertiary/aromatic N) is 2. The molecular weight excluding hydrogens is 496 g/mol. The lowest BCUT2D eigenvalue weighted by molar-refractivity contribution is -0.136. The summed E-state index contributed by atoms with van der Waals surface area (Å²) in [4.78, 5) is 41.2. The van der Waals surface area contributed by atoms with Gasteiger partial charge in [-0.1, -0.05) is 40.2 Å². The lowest BCUT2D eigenvalue weighted by atomic mass is 10.00. The predicted molar refractivity (Wildman–Crippen MR) is 125 cm³/mol. The first-order valence-corrected chi connectivity index (χ1v) is 11.5. The highest BCUT2D eigenvalue weighted by molar-refractivity contribution is 9.10. The standard InChI is InChI=1S/C23H21BrN2O5S/c1-30-18-9-16(17(24)11-19(18)31-2)10-20-22(28)26(23(29)32-20)13-21(27)25-8-7-14-5-3-4-6-15(14)12-25/h3-6,9-11H,7-8,12-13H2,1-2H3/b20-10-. The Labute approximate surface area is 198 Å². The quantitative estimate of drug-likeness (QED) is 0.557. The molecule has 0 unspecified atom stereocenters. The lowest BCUT2D eigenvalue weighted by Crippen LogP contribution is -2.44. The van der Waals surface area contributed by atoms with Gasteiger partial charge in [0.2, 0.25) is 5.91 Å². The fraction of sp³-hybridized carbons (Fsp3) is 0.261. The van der Waals surface area contributed by atoms with Crippen molar-refractivity contribution in [1.82, 2.24) is 9.80 Å². The molecule has 9 heteroatoms. The second-order valence-corrected chi connectivity index (χ2v) is 9.18. The third kappa shape index (κ3) is 4.40. The Kier molecular flexibility index (Phi) is 6.57. The van der Waals surface area contributed by atoms with Crippen LogP contribution in [0.4, 0.5) is 4.79 Å². The first kappa shape index (κ1) is 22.4. The molecule has 2 aliphatic rings. The van der Waals surface area contributed by atoms with Crippen LogP contribution in [0.15, 0.2) is 45.8 Å². The van der Waals surface area contributed by atoms with E-state index in [0.717, 1.165) is 28.6 Å². The Morgan fingerprint density at radius 3 is 2.53 bits per heavy atom. The van der Waals surface area contributed by atoms with Crippen LogP contribution in [-0.4, -0.2) is 54.2 Å². The van der Waals surface area contributed by atoms with Crippen molar-refractivity contribution < 1.29 is 23.9 Å². The molecular formula is C23H21BrN2O5S. The van der Waals surface area contributed by atoms with Gasteiger partial charge in [-0.25, -0.2) is 0 Å². The van der Waals surface area contributed by atoms with Crippen LogP contribution < -0.4 is 9.47 Å². The number of ether oxygens (including phenoxy) is 2. The molecule has 3 amide bonds. The van der Waals surface area contributed by atoms with Crippen LogP contribution in [0.25, 0.3) is 6.08 Å². The SMILES string of the molecule is COc1cc(Br)c(/C=C2\SC(=O)N(CC(=O)N3CCc4ccccc4C3)C2=O)cc1OC. The minimum Gasteiger partial charge on any atom is -0.493 e. The van der Waals surface area contributed by atoms with Crippen LogP contribution in [0.3, 0.4) is 0 Å². The van der Waals surface area contributed by atoms with Gasteiger partial charge < -0.3 is 14.4 Å². The van der Waals surface area contributed by atoms with Gasteiger partial charge in [-0.05, 0) is 53.1 Å². The number of carbonyl (C=O) groups is 3. The zero-order valence-electron chi connectivity index (χ0n) is 17.6. The number of imide groups is 1. The van der Waals surface area contributed by atoms with Crippen molar-refractivity contribution in [1.29, 1.82) is 0 Å². The molecule has 1 saturated heterocycles. The molecule has 2 heterocycles. The molecule has 7 nitrogen and oxygen atoms in total. The summed E-state index contributed by atoms with van der Waals surface area (Å²) in [5, 5.41) is -0.455. The highest BCUT2D eigenvalue weighted by atomic mass is 79.9. The van der Waals surface area contributed by atoms with Gasteiger partial charge in [0, 0.05) is 17.6 Å². The molecule has 32 heavy (non-hydrogen) atoms. The highest BCUT2D eigenvalue weighted by Gasteiger charge is 2.37. The minimum absolute atomic E-state index is 0.240. The Hall–Kier alpha value is -2.78. The maximum atomic E-state index is 12.9.